The number of carbonyl (C=O) groups excluding carboxylic acids is 1. The molecule has 208 valence electrons. The van der Waals surface area contributed by atoms with E-state index in [1.54, 1.807) is 4.90 Å². The van der Waals surface area contributed by atoms with Crippen molar-refractivity contribution >= 4 is 17.5 Å². The fraction of sp³-hybridized carbons (Fsp3) is 0.515. The highest BCUT2D eigenvalue weighted by Crippen LogP contribution is 2.33. The molecule has 0 bridgehead atoms. The Morgan fingerprint density at radius 1 is 0.923 bits per heavy atom. The molecule has 0 saturated heterocycles. The highest BCUT2D eigenvalue weighted by Gasteiger charge is 2.30. The number of carbonyl (C=O) groups is 1. The first-order valence-electron chi connectivity index (χ1n) is 14.4. The third-order valence-electron chi connectivity index (χ3n) is 7.59. The second-order valence-electron chi connectivity index (χ2n) is 12.3. The molecule has 39 heavy (non-hydrogen) atoms. The first kappa shape index (κ1) is 27.3. The lowest BCUT2D eigenvalue weighted by Gasteiger charge is -2.34. The normalized spacial score (nSPS) is 21.8. The maximum atomic E-state index is 12.6. The number of hydrogen-bond acceptors (Lipinski definition) is 5. The molecule has 2 aromatic carbocycles. The Balaban J connectivity index is 0.000000168. The topological polar surface area (TPSA) is 60.4 Å². The van der Waals surface area contributed by atoms with Crippen molar-refractivity contribution in [2.24, 2.45) is 16.8 Å². The Morgan fingerprint density at radius 3 is 2.18 bits per heavy atom. The van der Waals surface area contributed by atoms with Crippen LogP contribution in [-0.2, 0) is 17.6 Å². The molecule has 0 aliphatic carbocycles. The summed E-state index contributed by atoms with van der Waals surface area (Å²) in [5, 5.41) is 0. The Morgan fingerprint density at radius 2 is 1.56 bits per heavy atom. The van der Waals surface area contributed by atoms with E-state index in [1.165, 1.54) is 28.8 Å². The summed E-state index contributed by atoms with van der Waals surface area (Å²) in [4.78, 5) is 19.1. The molecule has 4 aliphatic heterocycles. The van der Waals surface area contributed by atoms with Gasteiger partial charge in [0.25, 0.3) is 0 Å². The summed E-state index contributed by atoms with van der Waals surface area (Å²) in [5.74, 6) is 3.21. The van der Waals surface area contributed by atoms with Crippen LogP contribution in [0.1, 0.15) is 76.1 Å². The zero-order chi connectivity index (χ0) is 27.6. The summed E-state index contributed by atoms with van der Waals surface area (Å²) in [6.07, 6.45) is 7.23. The van der Waals surface area contributed by atoms with E-state index in [-0.39, 0.29) is 6.09 Å². The molecule has 0 radical (unpaired) electrons. The Hall–Kier alpha value is -3.28. The number of hydrogen-bond donors (Lipinski definition) is 0. The van der Waals surface area contributed by atoms with E-state index < -0.39 is 5.60 Å². The van der Waals surface area contributed by atoms with Gasteiger partial charge in [-0.25, -0.2) is 4.79 Å². The van der Waals surface area contributed by atoms with Crippen LogP contribution >= 0.6 is 0 Å². The molecule has 4 aliphatic rings. The summed E-state index contributed by atoms with van der Waals surface area (Å²) < 4.78 is 16.7. The molecule has 0 N–H and O–H groups in total. The molecule has 0 fully saturated rings. The number of fused-ring (bicyclic) bond motifs is 2. The summed E-state index contributed by atoms with van der Waals surface area (Å²) in [6.45, 7) is 13.4. The Kier molecular flexibility index (Phi) is 8.01. The maximum absolute atomic E-state index is 12.6. The summed E-state index contributed by atoms with van der Waals surface area (Å²) in [6, 6.07) is 12.7. The average molecular weight is 531 g/mol. The van der Waals surface area contributed by atoms with Gasteiger partial charge in [0.15, 0.2) is 0 Å². The number of nitrogens with zero attached hydrogens (tertiary/aromatic N) is 2. The van der Waals surface area contributed by atoms with E-state index in [9.17, 15) is 4.79 Å². The van der Waals surface area contributed by atoms with Gasteiger partial charge in [-0.1, -0.05) is 19.9 Å². The van der Waals surface area contributed by atoms with Crippen molar-refractivity contribution in [1.29, 1.82) is 0 Å². The van der Waals surface area contributed by atoms with Crippen LogP contribution in [0.15, 0.2) is 47.5 Å². The van der Waals surface area contributed by atoms with E-state index in [2.05, 4.69) is 49.2 Å². The Bertz CT molecular complexity index is 1270. The van der Waals surface area contributed by atoms with Gasteiger partial charge in [-0.15, -0.1) is 0 Å². The summed E-state index contributed by atoms with van der Waals surface area (Å²) in [7, 11) is 0. The van der Waals surface area contributed by atoms with Crippen molar-refractivity contribution in [3.63, 3.8) is 0 Å². The van der Waals surface area contributed by atoms with Gasteiger partial charge in [-0.05, 0) is 111 Å². The summed E-state index contributed by atoms with van der Waals surface area (Å²) >= 11 is 0. The number of aliphatic imine (C=N–C) groups is 1. The highest BCUT2D eigenvalue weighted by molar-refractivity contribution is 6.01. The molecule has 0 saturated carbocycles. The van der Waals surface area contributed by atoms with Gasteiger partial charge in [-0.2, -0.15) is 0 Å². The van der Waals surface area contributed by atoms with Gasteiger partial charge in [0.05, 0.1) is 18.9 Å². The lowest BCUT2D eigenvalue weighted by Crippen LogP contribution is -2.39. The van der Waals surface area contributed by atoms with Gasteiger partial charge in [0.2, 0.25) is 0 Å². The lowest BCUT2D eigenvalue weighted by atomic mass is 9.95. The second kappa shape index (κ2) is 11.4. The average Bonchev–Trinajstić information content (AvgIpc) is 3.57. The van der Waals surface area contributed by atoms with Gasteiger partial charge in [0, 0.05) is 31.6 Å². The molecule has 0 unspecified atom stereocenters. The van der Waals surface area contributed by atoms with Crippen molar-refractivity contribution < 1.29 is 19.0 Å². The number of amides is 1. The van der Waals surface area contributed by atoms with E-state index >= 15 is 0 Å². The quantitative estimate of drug-likeness (QED) is 0.416. The molecule has 4 heterocycles. The summed E-state index contributed by atoms with van der Waals surface area (Å²) in [5.41, 5.74) is 6.67. The van der Waals surface area contributed by atoms with Crippen molar-refractivity contribution in [3.8, 4) is 11.5 Å². The van der Waals surface area contributed by atoms with Crippen molar-refractivity contribution in [1.82, 2.24) is 4.90 Å². The molecular weight excluding hydrogens is 488 g/mol. The van der Waals surface area contributed by atoms with E-state index in [0.717, 1.165) is 74.1 Å². The van der Waals surface area contributed by atoms with Gasteiger partial charge in [0.1, 0.15) is 17.1 Å². The standard InChI is InChI=1S/C19H25NO3.C14H17NO/c1-13-5-7-16(20(12-13)18(21)23-19(2,3)4)14-6-8-17-15(11-14)9-10-22-17;1-10-2-4-13(15-9-10)11-3-5-14-12(8-11)6-7-16-14/h6-8,11,13H,5,9-10,12H2,1-4H3;3,5,8,10H,2,4,6-7,9H2,1H3/t13-;10-/m00/s1. The third kappa shape index (κ3) is 6.66. The van der Waals surface area contributed by atoms with Crippen molar-refractivity contribution in [2.75, 3.05) is 26.3 Å². The predicted octanol–water partition coefficient (Wildman–Crippen LogP) is 7.08. The highest BCUT2D eigenvalue weighted by atomic mass is 16.6. The first-order valence-corrected chi connectivity index (χ1v) is 14.4. The largest absolute Gasteiger partial charge is 0.493 e. The van der Waals surface area contributed by atoms with E-state index in [0.29, 0.717) is 12.5 Å². The van der Waals surface area contributed by atoms with Gasteiger partial charge >= 0.3 is 6.09 Å². The number of allylic oxidation sites excluding steroid dienone is 1. The van der Waals surface area contributed by atoms with Crippen LogP contribution in [0.25, 0.3) is 5.70 Å². The minimum atomic E-state index is -0.491. The fourth-order valence-corrected chi connectivity index (χ4v) is 5.44. The molecular formula is C33H42N2O4. The van der Waals surface area contributed by atoms with Crippen LogP contribution in [-0.4, -0.2) is 48.6 Å². The lowest BCUT2D eigenvalue weighted by molar-refractivity contribution is 0.0327. The molecule has 6 heteroatoms. The zero-order valence-corrected chi connectivity index (χ0v) is 24.1. The van der Waals surface area contributed by atoms with Crippen LogP contribution < -0.4 is 9.47 Å². The van der Waals surface area contributed by atoms with Crippen LogP contribution in [0.5, 0.6) is 11.5 Å². The SMILES string of the molecule is C[C@H]1CC=C(c2ccc3c(c2)CCO3)N(C(=O)OC(C)(C)C)C1.C[C@H]1CCC(c2ccc3c(c2)CCO3)=NC1. The fourth-order valence-electron chi connectivity index (χ4n) is 5.44. The van der Waals surface area contributed by atoms with Crippen LogP contribution in [0.2, 0.25) is 0 Å². The van der Waals surface area contributed by atoms with Gasteiger partial charge < -0.3 is 14.2 Å². The first-order chi connectivity index (χ1) is 18.7. The molecule has 6 rings (SSSR count). The number of benzene rings is 2. The van der Waals surface area contributed by atoms with Crippen LogP contribution in [0.4, 0.5) is 4.79 Å². The molecule has 0 spiro atoms. The predicted molar refractivity (Wildman–Crippen MR) is 156 cm³/mol. The van der Waals surface area contributed by atoms with Crippen molar-refractivity contribution in [3.05, 3.63) is 64.7 Å². The minimum Gasteiger partial charge on any atom is -0.493 e. The molecule has 1 amide bonds. The third-order valence-corrected chi connectivity index (χ3v) is 7.59. The monoisotopic (exact) mass is 530 g/mol. The van der Waals surface area contributed by atoms with Crippen LogP contribution in [0.3, 0.4) is 0 Å². The molecule has 2 aromatic rings. The molecule has 0 aromatic heterocycles. The van der Waals surface area contributed by atoms with Crippen molar-refractivity contribution in [2.45, 2.75) is 72.3 Å². The van der Waals surface area contributed by atoms with E-state index in [4.69, 9.17) is 14.2 Å². The smallest absolute Gasteiger partial charge is 0.414 e. The van der Waals surface area contributed by atoms with Gasteiger partial charge in [-0.3, -0.25) is 9.89 Å². The number of ether oxygens (including phenoxy) is 3. The number of rotatable bonds is 2. The van der Waals surface area contributed by atoms with E-state index in [1.807, 2.05) is 32.9 Å². The molecule has 2 atom stereocenters. The minimum absolute atomic E-state index is 0.271. The maximum Gasteiger partial charge on any atom is 0.414 e. The molecule has 6 nitrogen and oxygen atoms in total. The zero-order valence-electron chi connectivity index (χ0n) is 24.1. The van der Waals surface area contributed by atoms with Crippen LogP contribution in [0, 0.1) is 11.8 Å². The Labute approximate surface area is 233 Å². The second-order valence-corrected chi connectivity index (χ2v) is 12.3.